The van der Waals surface area contributed by atoms with E-state index in [0.29, 0.717) is 5.92 Å². The number of nitrogens with zero attached hydrogens (tertiary/aromatic N) is 4. The molecule has 0 amide bonds. The Kier molecular flexibility index (Phi) is 9.56. The summed E-state index contributed by atoms with van der Waals surface area (Å²) in [6.07, 6.45) is 21.7. The van der Waals surface area contributed by atoms with Crippen LogP contribution >= 0.6 is 0 Å². The molecule has 7 aromatic carbocycles. The second-order valence-electron chi connectivity index (χ2n) is 17.1. The third kappa shape index (κ3) is 6.62. The monoisotopic (exact) mass is 824 g/mol. The topological polar surface area (TPSA) is 16.3 Å². The highest BCUT2D eigenvalue weighted by Crippen LogP contribution is 2.43. The van der Waals surface area contributed by atoms with Crippen LogP contribution in [-0.2, 0) is 6.42 Å². The standard InChI is InChI=1S/C60H48N4/c1-5-17-45(18-6-1)61(51-37-39-59-55(41-51)53-25-13-15-27-57(53)63(59)47-21-9-3-10-22-47)49-33-29-43(30-34-49)44-31-35-50(36-32-44)62(46-19-7-2-8-20-46)52-38-40-60-56(42-52)54-26-14-16-28-58(54)64(60)48-23-11-4-12-24-48/h1-13,15-25,27-29,31,33,35-42,44H,14,26,30,32,34H2. The average Bonchev–Trinajstić information content (AvgIpc) is 3.88. The molecule has 2 heterocycles. The number of hydrogen-bond acceptors (Lipinski definition) is 2. The van der Waals surface area contributed by atoms with E-state index in [1.54, 1.807) is 0 Å². The van der Waals surface area contributed by atoms with E-state index in [9.17, 15) is 0 Å². The van der Waals surface area contributed by atoms with Gasteiger partial charge in [-0.3, -0.25) is 0 Å². The number of para-hydroxylation sites is 5. The lowest BCUT2D eigenvalue weighted by atomic mass is 9.85. The zero-order valence-corrected chi connectivity index (χ0v) is 35.8. The Labute approximate surface area is 374 Å². The molecule has 1 unspecified atom stereocenters. The largest absolute Gasteiger partial charge is 0.314 e. The highest BCUT2D eigenvalue weighted by Gasteiger charge is 2.25. The zero-order chi connectivity index (χ0) is 42.4. The maximum atomic E-state index is 2.46. The lowest BCUT2D eigenvalue weighted by Gasteiger charge is -2.32. The van der Waals surface area contributed by atoms with Crippen molar-refractivity contribution in [2.24, 2.45) is 5.92 Å². The number of hydrogen-bond donors (Lipinski definition) is 0. The first-order chi connectivity index (χ1) is 31.8. The van der Waals surface area contributed by atoms with Gasteiger partial charge in [-0.25, -0.2) is 0 Å². The molecule has 0 saturated heterocycles. The summed E-state index contributed by atoms with van der Waals surface area (Å²) < 4.78 is 4.82. The fourth-order valence-electron chi connectivity index (χ4n) is 10.4. The van der Waals surface area contributed by atoms with Crippen molar-refractivity contribution in [3.63, 3.8) is 0 Å². The zero-order valence-electron chi connectivity index (χ0n) is 35.8. The van der Waals surface area contributed by atoms with Gasteiger partial charge < -0.3 is 18.9 Å². The Morgan fingerprint density at radius 2 is 1.05 bits per heavy atom. The average molecular weight is 825 g/mol. The Bertz CT molecular complexity index is 3350. The Hall–Kier alpha value is -7.82. The van der Waals surface area contributed by atoms with Crippen LogP contribution in [0.4, 0.5) is 22.7 Å². The summed E-state index contributed by atoms with van der Waals surface area (Å²) in [5.41, 5.74) is 17.5. The predicted molar refractivity (Wildman–Crippen MR) is 269 cm³/mol. The van der Waals surface area contributed by atoms with E-state index in [1.165, 1.54) is 95.1 Å². The first kappa shape index (κ1) is 37.9. The van der Waals surface area contributed by atoms with E-state index < -0.39 is 0 Å². The van der Waals surface area contributed by atoms with Gasteiger partial charge >= 0.3 is 0 Å². The van der Waals surface area contributed by atoms with Crippen molar-refractivity contribution < 1.29 is 0 Å². The van der Waals surface area contributed by atoms with Crippen molar-refractivity contribution in [1.29, 1.82) is 0 Å². The van der Waals surface area contributed by atoms with Crippen LogP contribution in [0, 0.1) is 5.92 Å². The van der Waals surface area contributed by atoms with Crippen molar-refractivity contribution >= 4 is 61.5 Å². The van der Waals surface area contributed by atoms with Crippen LogP contribution in [0.15, 0.2) is 235 Å². The summed E-state index contributed by atoms with van der Waals surface area (Å²) in [5.74, 6) is 0.353. The van der Waals surface area contributed by atoms with Gasteiger partial charge in [0.05, 0.1) is 16.6 Å². The smallest absolute Gasteiger partial charge is 0.0542 e. The highest BCUT2D eigenvalue weighted by molar-refractivity contribution is 6.10. The van der Waals surface area contributed by atoms with E-state index in [-0.39, 0.29) is 0 Å². The SMILES string of the molecule is C1=Cc2c(c3cc(N(C4=CCC(C5=CC=C(N(c6ccccc6)c6ccc7c(c6)c6ccccc6n7-c6ccccc6)CC5)C=C4)c4ccccc4)ccc3n2-c2ccccc2)CC1. The molecule has 64 heavy (non-hydrogen) atoms. The van der Waals surface area contributed by atoms with E-state index >= 15 is 0 Å². The van der Waals surface area contributed by atoms with Crippen LogP contribution < -0.4 is 9.80 Å². The van der Waals surface area contributed by atoms with Gasteiger partial charge in [0.15, 0.2) is 0 Å². The molecule has 0 aliphatic heterocycles. The molecule has 12 rings (SSSR count). The normalized spacial score (nSPS) is 15.8. The van der Waals surface area contributed by atoms with Gasteiger partial charge in [0.1, 0.15) is 0 Å². The fourth-order valence-corrected chi connectivity index (χ4v) is 10.4. The molecule has 3 aliphatic rings. The van der Waals surface area contributed by atoms with Crippen molar-refractivity contribution in [2.45, 2.75) is 32.1 Å². The molecular weight excluding hydrogens is 777 g/mol. The Balaban J connectivity index is 0.864. The Morgan fingerprint density at radius 1 is 0.453 bits per heavy atom. The maximum Gasteiger partial charge on any atom is 0.0542 e. The molecular formula is C60H48N4. The molecule has 4 heteroatoms. The number of fused-ring (bicyclic) bond motifs is 6. The summed E-state index contributed by atoms with van der Waals surface area (Å²) in [4.78, 5) is 4.91. The van der Waals surface area contributed by atoms with Crippen LogP contribution in [0.5, 0.6) is 0 Å². The second kappa shape index (κ2) is 16.1. The third-order valence-electron chi connectivity index (χ3n) is 13.4. The molecule has 0 N–H and O–H groups in total. The van der Waals surface area contributed by atoms with E-state index in [2.05, 4.69) is 243 Å². The summed E-state index contributed by atoms with van der Waals surface area (Å²) in [6, 6.07) is 66.0. The molecule has 4 nitrogen and oxygen atoms in total. The molecule has 0 fully saturated rings. The van der Waals surface area contributed by atoms with Gasteiger partial charge in [-0.05, 0) is 147 Å². The number of anilines is 4. The van der Waals surface area contributed by atoms with Gasteiger partial charge in [-0.15, -0.1) is 0 Å². The molecule has 9 aromatic rings. The number of benzene rings is 7. The van der Waals surface area contributed by atoms with Crippen LogP contribution in [-0.4, -0.2) is 9.13 Å². The van der Waals surface area contributed by atoms with E-state index in [1.807, 2.05) is 0 Å². The number of rotatable bonds is 9. The minimum absolute atomic E-state index is 0.353. The highest BCUT2D eigenvalue weighted by atomic mass is 15.2. The molecule has 0 bridgehead atoms. The summed E-state index contributed by atoms with van der Waals surface area (Å²) in [7, 11) is 0. The van der Waals surface area contributed by atoms with Crippen LogP contribution in [0.25, 0.3) is 50.2 Å². The maximum absolute atomic E-state index is 2.46. The second-order valence-corrected chi connectivity index (χ2v) is 17.1. The molecule has 1 atom stereocenters. The summed E-state index contributed by atoms with van der Waals surface area (Å²) in [6.45, 7) is 0. The first-order valence-electron chi connectivity index (χ1n) is 22.7. The quantitative estimate of drug-likeness (QED) is 0.144. The summed E-state index contributed by atoms with van der Waals surface area (Å²) in [5, 5.41) is 3.85. The Morgan fingerprint density at radius 3 is 1.72 bits per heavy atom. The van der Waals surface area contributed by atoms with Crippen LogP contribution in [0.1, 0.15) is 36.9 Å². The molecule has 0 radical (unpaired) electrons. The van der Waals surface area contributed by atoms with E-state index in [4.69, 9.17) is 0 Å². The van der Waals surface area contributed by atoms with Gasteiger partial charge in [-0.1, -0.05) is 121 Å². The van der Waals surface area contributed by atoms with Crippen molar-refractivity contribution in [3.8, 4) is 11.4 Å². The lowest BCUT2D eigenvalue weighted by molar-refractivity contribution is 0.693. The number of aromatic nitrogens is 2. The summed E-state index contributed by atoms with van der Waals surface area (Å²) >= 11 is 0. The molecule has 0 saturated carbocycles. The molecule has 2 aromatic heterocycles. The van der Waals surface area contributed by atoms with Gasteiger partial charge in [0, 0.05) is 73.3 Å². The number of allylic oxidation sites excluding steroid dienone is 8. The third-order valence-corrected chi connectivity index (χ3v) is 13.4. The predicted octanol–water partition coefficient (Wildman–Crippen LogP) is 15.7. The van der Waals surface area contributed by atoms with E-state index in [0.717, 1.165) is 32.1 Å². The lowest BCUT2D eigenvalue weighted by Crippen LogP contribution is -2.20. The number of aryl methyl sites for hydroxylation is 1. The van der Waals surface area contributed by atoms with Crippen molar-refractivity contribution in [1.82, 2.24) is 9.13 Å². The minimum Gasteiger partial charge on any atom is -0.314 e. The van der Waals surface area contributed by atoms with Crippen LogP contribution in [0.2, 0.25) is 0 Å². The molecule has 308 valence electrons. The first-order valence-corrected chi connectivity index (χ1v) is 22.7. The van der Waals surface area contributed by atoms with Gasteiger partial charge in [-0.2, -0.15) is 0 Å². The van der Waals surface area contributed by atoms with Gasteiger partial charge in [0.25, 0.3) is 0 Å². The fraction of sp³-hybridized carbons (Fsp3) is 0.100. The van der Waals surface area contributed by atoms with Crippen LogP contribution in [0.3, 0.4) is 0 Å². The minimum atomic E-state index is 0.353. The van der Waals surface area contributed by atoms with Crippen molar-refractivity contribution in [3.05, 3.63) is 247 Å². The molecule has 3 aliphatic carbocycles. The molecule has 0 spiro atoms. The van der Waals surface area contributed by atoms with Gasteiger partial charge in [0.2, 0.25) is 0 Å². The van der Waals surface area contributed by atoms with Crippen molar-refractivity contribution in [2.75, 3.05) is 9.80 Å².